The summed E-state index contributed by atoms with van der Waals surface area (Å²) in [7, 11) is 1.53. The third kappa shape index (κ3) is 3.71. The smallest absolute Gasteiger partial charge is 0.337 e. The van der Waals surface area contributed by atoms with Gasteiger partial charge in [-0.25, -0.2) is 9.78 Å². The van der Waals surface area contributed by atoms with Gasteiger partial charge in [-0.3, -0.25) is 4.68 Å². The Kier molecular flexibility index (Phi) is 5.37. The Morgan fingerprint density at radius 3 is 2.61 bits per heavy atom. The predicted octanol–water partition coefficient (Wildman–Crippen LogP) is 4.18. The highest BCUT2D eigenvalue weighted by Gasteiger charge is 2.20. The summed E-state index contributed by atoms with van der Waals surface area (Å²) in [6.45, 7) is 3.73. The van der Waals surface area contributed by atoms with Crippen LogP contribution in [-0.2, 0) is 0 Å². The molecule has 0 aliphatic carbocycles. The molecule has 0 saturated heterocycles. The van der Waals surface area contributed by atoms with Crippen molar-refractivity contribution in [3.8, 4) is 29.1 Å². The van der Waals surface area contributed by atoms with Gasteiger partial charge in [0.25, 0.3) is 0 Å². The van der Waals surface area contributed by atoms with Crippen molar-refractivity contribution in [2.24, 2.45) is 0 Å². The molecule has 0 radical (unpaired) electrons. The summed E-state index contributed by atoms with van der Waals surface area (Å²) in [4.78, 5) is 20.2. The fourth-order valence-electron chi connectivity index (χ4n) is 3.55. The lowest BCUT2D eigenvalue weighted by Gasteiger charge is -2.16. The number of hydrogen-bond acceptors (Lipinski definition) is 5. The van der Waals surface area contributed by atoms with E-state index in [1.165, 1.54) is 7.11 Å². The summed E-state index contributed by atoms with van der Waals surface area (Å²) < 4.78 is 6.83. The summed E-state index contributed by atoms with van der Waals surface area (Å²) in [5.41, 5.74) is 4.18. The van der Waals surface area contributed by atoms with Crippen LogP contribution in [0.3, 0.4) is 0 Å². The van der Waals surface area contributed by atoms with Crippen LogP contribution in [0, 0.1) is 11.8 Å². The van der Waals surface area contributed by atoms with Gasteiger partial charge in [-0.2, -0.15) is 10.1 Å². The molecule has 0 fully saturated rings. The molecule has 7 nitrogen and oxygen atoms in total. The van der Waals surface area contributed by atoms with E-state index in [4.69, 9.17) is 4.74 Å². The Bertz CT molecular complexity index is 1330. The minimum absolute atomic E-state index is 0.186. The molecule has 31 heavy (non-hydrogen) atoms. The molecule has 4 rings (SSSR count). The van der Waals surface area contributed by atoms with Gasteiger partial charge in [0.05, 0.1) is 36.1 Å². The lowest BCUT2D eigenvalue weighted by Crippen LogP contribution is -2.11. The van der Waals surface area contributed by atoms with E-state index in [0.29, 0.717) is 11.5 Å². The van der Waals surface area contributed by atoms with E-state index in [1.54, 1.807) is 36.1 Å². The molecule has 2 aromatic carbocycles. The van der Waals surface area contributed by atoms with E-state index in [2.05, 4.69) is 26.9 Å². The minimum atomic E-state index is -0.997. The van der Waals surface area contributed by atoms with Crippen molar-refractivity contribution in [3.05, 3.63) is 71.5 Å². The quantitative estimate of drug-likeness (QED) is 0.495. The van der Waals surface area contributed by atoms with Gasteiger partial charge in [-0.05, 0) is 37.6 Å². The van der Waals surface area contributed by atoms with Crippen LogP contribution in [0.5, 0.6) is 6.01 Å². The molecule has 7 heteroatoms. The standard InChI is InChI=1S/C24H20N4O3/c1-4-5-17-10-11-19(23(29)30)22-20(17)14-26-28(22)15(2)16-6-8-18(9-7-16)21-12-13-25-24(27-21)31-3/h6-15H,1-3H3,(H,29,30). The van der Waals surface area contributed by atoms with Gasteiger partial charge in [-0.1, -0.05) is 30.2 Å². The van der Waals surface area contributed by atoms with E-state index >= 15 is 0 Å². The van der Waals surface area contributed by atoms with Gasteiger partial charge >= 0.3 is 12.0 Å². The van der Waals surface area contributed by atoms with Crippen molar-refractivity contribution < 1.29 is 14.6 Å². The second-order valence-electron chi connectivity index (χ2n) is 6.92. The average Bonchev–Trinajstić information content (AvgIpc) is 3.24. The molecule has 4 aromatic rings. The van der Waals surface area contributed by atoms with E-state index in [0.717, 1.165) is 27.8 Å². The topological polar surface area (TPSA) is 90.1 Å². The van der Waals surface area contributed by atoms with Crippen molar-refractivity contribution in [2.75, 3.05) is 7.11 Å². The Labute approximate surface area is 179 Å². The number of rotatable bonds is 5. The predicted molar refractivity (Wildman–Crippen MR) is 117 cm³/mol. The molecular weight excluding hydrogens is 392 g/mol. The van der Waals surface area contributed by atoms with Crippen molar-refractivity contribution in [1.29, 1.82) is 0 Å². The zero-order valence-corrected chi connectivity index (χ0v) is 17.3. The second kappa shape index (κ2) is 8.28. The van der Waals surface area contributed by atoms with Gasteiger partial charge in [0.15, 0.2) is 0 Å². The van der Waals surface area contributed by atoms with Gasteiger partial charge in [0, 0.05) is 22.7 Å². The number of carboxylic acid groups (broad SMARTS) is 1. The molecule has 2 aromatic heterocycles. The number of aromatic carboxylic acids is 1. The molecule has 2 heterocycles. The normalized spacial score (nSPS) is 11.6. The number of benzene rings is 2. The fraction of sp³-hybridized carbons (Fsp3) is 0.167. The van der Waals surface area contributed by atoms with Gasteiger partial charge in [-0.15, -0.1) is 5.92 Å². The summed E-state index contributed by atoms with van der Waals surface area (Å²) in [5, 5.41) is 14.9. The summed E-state index contributed by atoms with van der Waals surface area (Å²) in [6.07, 6.45) is 3.33. The minimum Gasteiger partial charge on any atom is -0.478 e. The molecule has 0 bridgehead atoms. The maximum Gasteiger partial charge on any atom is 0.337 e. The van der Waals surface area contributed by atoms with Crippen LogP contribution in [-0.4, -0.2) is 37.9 Å². The molecule has 1 unspecified atom stereocenters. The van der Waals surface area contributed by atoms with Gasteiger partial charge in [0.2, 0.25) is 0 Å². The fourth-order valence-corrected chi connectivity index (χ4v) is 3.55. The van der Waals surface area contributed by atoms with Crippen LogP contribution < -0.4 is 4.74 Å². The summed E-state index contributed by atoms with van der Waals surface area (Å²) >= 11 is 0. The molecule has 0 aliphatic rings. The highest BCUT2D eigenvalue weighted by Crippen LogP contribution is 2.29. The second-order valence-corrected chi connectivity index (χ2v) is 6.92. The Morgan fingerprint density at radius 2 is 1.94 bits per heavy atom. The van der Waals surface area contributed by atoms with Crippen LogP contribution in [0.2, 0.25) is 0 Å². The molecule has 0 spiro atoms. The van der Waals surface area contributed by atoms with E-state index in [9.17, 15) is 9.90 Å². The first kappa shape index (κ1) is 20.1. The third-order valence-corrected chi connectivity index (χ3v) is 5.12. The maximum absolute atomic E-state index is 11.8. The van der Waals surface area contributed by atoms with Gasteiger partial charge in [0.1, 0.15) is 0 Å². The molecule has 0 aliphatic heterocycles. The Balaban J connectivity index is 1.75. The van der Waals surface area contributed by atoms with E-state index < -0.39 is 5.97 Å². The third-order valence-electron chi connectivity index (χ3n) is 5.12. The Morgan fingerprint density at radius 1 is 1.16 bits per heavy atom. The SMILES string of the molecule is CC#Cc1ccc(C(=O)O)c2c1cnn2C(C)c1ccc(-c2ccnc(OC)n2)cc1. The molecule has 1 atom stereocenters. The number of nitrogens with zero attached hydrogens (tertiary/aromatic N) is 4. The number of carbonyl (C=O) groups is 1. The largest absolute Gasteiger partial charge is 0.478 e. The van der Waals surface area contributed by atoms with Crippen molar-refractivity contribution in [2.45, 2.75) is 19.9 Å². The van der Waals surface area contributed by atoms with Crippen LogP contribution in [0.15, 0.2) is 54.9 Å². The molecule has 154 valence electrons. The first-order chi connectivity index (χ1) is 15.0. The summed E-state index contributed by atoms with van der Waals surface area (Å²) in [6, 6.07) is 13.1. The highest BCUT2D eigenvalue weighted by atomic mass is 16.5. The van der Waals surface area contributed by atoms with Crippen LogP contribution in [0.1, 0.15) is 41.4 Å². The summed E-state index contributed by atoms with van der Waals surface area (Å²) in [5.74, 6) is 4.90. The first-order valence-electron chi connectivity index (χ1n) is 9.67. The van der Waals surface area contributed by atoms with E-state index in [1.807, 2.05) is 37.3 Å². The highest BCUT2D eigenvalue weighted by molar-refractivity contribution is 6.03. The number of carboxylic acids is 1. The zero-order chi connectivity index (χ0) is 22.0. The molecule has 1 N–H and O–H groups in total. The van der Waals surface area contributed by atoms with Crippen LogP contribution in [0.25, 0.3) is 22.2 Å². The number of ether oxygens (including phenoxy) is 1. The van der Waals surface area contributed by atoms with Crippen molar-refractivity contribution in [1.82, 2.24) is 19.7 Å². The zero-order valence-electron chi connectivity index (χ0n) is 17.3. The van der Waals surface area contributed by atoms with Crippen LogP contribution >= 0.6 is 0 Å². The Hall–Kier alpha value is -4.18. The van der Waals surface area contributed by atoms with Gasteiger partial charge < -0.3 is 9.84 Å². The molecule has 0 amide bonds. The number of hydrogen-bond donors (Lipinski definition) is 1. The lowest BCUT2D eigenvalue weighted by molar-refractivity contribution is 0.0698. The van der Waals surface area contributed by atoms with Crippen LogP contribution in [0.4, 0.5) is 0 Å². The molecule has 0 saturated carbocycles. The monoisotopic (exact) mass is 412 g/mol. The van der Waals surface area contributed by atoms with E-state index in [-0.39, 0.29) is 11.6 Å². The van der Waals surface area contributed by atoms with Crippen molar-refractivity contribution in [3.63, 3.8) is 0 Å². The first-order valence-corrected chi connectivity index (χ1v) is 9.67. The maximum atomic E-state index is 11.8. The molecular formula is C24H20N4O3. The number of fused-ring (bicyclic) bond motifs is 1. The average molecular weight is 412 g/mol. The number of methoxy groups -OCH3 is 1. The number of aromatic nitrogens is 4. The lowest BCUT2D eigenvalue weighted by atomic mass is 10.0. The van der Waals surface area contributed by atoms with Crippen molar-refractivity contribution >= 4 is 16.9 Å².